The molecule has 0 saturated heterocycles. The second-order valence-corrected chi connectivity index (χ2v) is 6.00. The van der Waals surface area contributed by atoms with Crippen molar-refractivity contribution in [2.75, 3.05) is 7.11 Å². The molecule has 0 aromatic heterocycles. The van der Waals surface area contributed by atoms with Gasteiger partial charge in [-0.05, 0) is 30.5 Å². The normalized spacial score (nSPS) is 15.6. The molecule has 0 aliphatic heterocycles. The molecule has 4 rings (SSSR count). The maximum absolute atomic E-state index is 13.0. The third kappa shape index (κ3) is 1.78. The molecule has 0 heterocycles. The van der Waals surface area contributed by atoms with Crippen LogP contribution in [0.2, 0.25) is 0 Å². The maximum Gasteiger partial charge on any atom is 0.202 e. The molecule has 0 bridgehead atoms. The van der Waals surface area contributed by atoms with Crippen LogP contribution >= 0.6 is 0 Å². The predicted molar refractivity (Wildman–Crippen MR) is 85.2 cm³/mol. The second-order valence-electron chi connectivity index (χ2n) is 6.00. The number of ether oxygens (including phenoxy) is 1. The zero-order chi connectivity index (χ0) is 17.0. The highest BCUT2D eigenvalue weighted by Gasteiger charge is 2.39. The fourth-order valence-electron chi connectivity index (χ4n) is 3.64. The predicted octanol–water partition coefficient (Wildman–Crippen LogP) is 2.70. The number of rotatable bonds is 1. The summed E-state index contributed by atoms with van der Waals surface area (Å²) in [6, 6.07) is 6.21. The van der Waals surface area contributed by atoms with Gasteiger partial charge in [0, 0.05) is 23.1 Å². The van der Waals surface area contributed by atoms with Gasteiger partial charge in [0.05, 0.1) is 18.2 Å². The van der Waals surface area contributed by atoms with Crippen molar-refractivity contribution in [3.05, 3.63) is 57.6 Å². The average Bonchev–Trinajstić information content (AvgIpc) is 2.58. The molecule has 0 fully saturated rings. The molecule has 0 amide bonds. The zero-order valence-electron chi connectivity index (χ0n) is 13.0. The number of hydrogen-bond donors (Lipinski definition) is 1. The minimum atomic E-state index is -0.490. The van der Waals surface area contributed by atoms with Crippen LogP contribution in [0.4, 0.5) is 0 Å². The van der Waals surface area contributed by atoms with Crippen LogP contribution in [0.3, 0.4) is 0 Å². The molecule has 24 heavy (non-hydrogen) atoms. The summed E-state index contributed by atoms with van der Waals surface area (Å²) in [6.45, 7) is 0. The molecule has 5 nitrogen and oxygen atoms in total. The average molecular weight is 322 g/mol. The van der Waals surface area contributed by atoms with Crippen molar-refractivity contribution in [2.45, 2.75) is 19.3 Å². The van der Waals surface area contributed by atoms with Gasteiger partial charge in [-0.15, -0.1) is 0 Å². The molecule has 0 spiro atoms. The molecule has 0 unspecified atom stereocenters. The first-order chi connectivity index (χ1) is 11.5. The number of ketones is 3. The smallest absolute Gasteiger partial charge is 0.202 e. The summed E-state index contributed by atoms with van der Waals surface area (Å²) in [5.74, 6) is -1.04. The lowest BCUT2D eigenvalue weighted by Crippen LogP contribution is -2.27. The number of hydrogen-bond acceptors (Lipinski definition) is 5. The Hall–Kier alpha value is -2.95. The first kappa shape index (κ1) is 14.6. The SMILES string of the molecule is COc1cccc2c1C(=O)c1c(O)cc3c(c1C2=O)C(=O)CCC3. The number of methoxy groups -OCH3 is 1. The van der Waals surface area contributed by atoms with Crippen LogP contribution in [-0.2, 0) is 6.42 Å². The standard InChI is InChI=1S/C19H14O5/c1-24-13-7-3-5-10-15(13)19(23)16-12(21)8-9-4-2-6-11(20)14(9)17(16)18(10)22/h3,5,7-8,21H,2,4,6H2,1H3. The lowest BCUT2D eigenvalue weighted by Gasteiger charge is -2.25. The lowest BCUT2D eigenvalue weighted by atomic mass is 9.76. The molecular weight excluding hydrogens is 308 g/mol. The van der Waals surface area contributed by atoms with Gasteiger partial charge < -0.3 is 9.84 Å². The van der Waals surface area contributed by atoms with E-state index in [1.165, 1.54) is 13.2 Å². The summed E-state index contributed by atoms with van der Waals surface area (Å²) >= 11 is 0. The highest BCUT2D eigenvalue weighted by atomic mass is 16.5. The van der Waals surface area contributed by atoms with Gasteiger partial charge in [0.15, 0.2) is 11.6 Å². The van der Waals surface area contributed by atoms with Crippen LogP contribution in [-0.4, -0.2) is 29.6 Å². The first-order valence-corrected chi connectivity index (χ1v) is 7.73. The number of phenolic OH excluding ortho intramolecular Hbond substituents is 1. The van der Waals surface area contributed by atoms with E-state index in [9.17, 15) is 19.5 Å². The third-order valence-corrected chi connectivity index (χ3v) is 4.69. The Kier molecular flexibility index (Phi) is 3.06. The fraction of sp³-hybridized carbons (Fsp3) is 0.211. The van der Waals surface area contributed by atoms with Crippen LogP contribution < -0.4 is 4.74 Å². The van der Waals surface area contributed by atoms with Gasteiger partial charge in [-0.3, -0.25) is 14.4 Å². The largest absolute Gasteiger partial charge is 0.507 e. The van der Waals surface area contributed by atoms with Crippen molar-refractivity contribution in [3.63, 3.8) is 0 Å². The molecule has 0 saturated carbocycles. The van der Waals surface area contributed by atoms with Gasteiger partial charge in [0.25, 0.3) is 0 Å². The van der Waals surface area contributed by atoms with Crippen molar-refractivity contribution in [1.82, 2.24) is 0 Å². The van der Waals surface area contributed by atoms with E-state index in [0.717, 1.165) is 0 Å². The van der Waals surface area contributed by atoms with Gasteiger partial charge in [-0.2, -0.15) is 0 Å². The van der Waals surface area contributed by atoms with Crippen LogP contribution in [0.15, 0.2) is 24.3 Å². The molecule has 0 radical (unpaired) electrons. The molecule has 1 N–H and O–H groups in total. The van der Waals surface area contributed by atoms with Crippen LogP contribution in [0, 0.1) is 0 Å². The molecule has 0 atom stereocenters. The monoisotopic (exact) mass is 322 g/mol. The quantitative estimate of drug-likeness (QED) is 0.745. The zero-order valence-corrected chi connectivity index (χ0v) is 13.0. The number of carbonyl (C=O) groups is 3. The number of aromatic hydroxyl groups is 1. The Labute approximate surface area is 137 Å². The van der Waals surface area contributed by atoms with E-state index in [4.69, 9.17) is 4.74 Å². The number of carbonyl (C=O) groups excluding carboxylic acids is 3. The van der Waals surface area contributed by atoms with Gasteiger partial charge in [0.2, 0.25) is 5.78 Å². The van der Waals surface area contributed by atoms with E-state index in [1.807, 2.05) is 0 Å². The Morgan fingerprint density at radius 1 is 0.958 bits per heavy atom. The number of aryl methyl sites for hydroxylation is 1. The molecule has 120 valence electrons. The molecule has 2 aliphatic carbocycles. The van der Waals surface area contributed by atoms with Gasteiger partial charge in [-0.25, -0.2) is 0 Å². The Bertz CT molecular complexity index is 939. The Balaban J connectivity index is 2.09. The van der Waals surface area contributed by atoms with E-state index < -0.39 is 11.6 Å². The summed E-state index contributed by atoms with van der Waals surface area (Å²) in [5.41, 5.74) is 1.22. The molecule has 5 heteroatoms. The second kappa shape index (κ2) is 5.03. The van der Waals surface area contributed by atoms with E-state index in [-0.39, 0.29) is 39.5 Å². The van der Waals surface area contributed by atoms with Crippen LogP contribution in [0.25, 0.3) is 0 Å². The molecule has 2 aromatic rings. The van der Waals surface area contributed by atoms with E-state index in [2.05, 4.69) is 0 Å². The van der Waals surface area contributed by atoms with Crippen LogP contribution in [0.5, 0.6) is 11.5 Å². The number of phenols is 1. The topological polar surface area (TPSA) is 80.7 Å². The summed E-state index contributed by atoms with van der Waals surface area (Å²) in [7, 11) is 1.42. The van der Waals surface area contributed by atoms with Gasteiger partial charge in [-0.1, -0.05) is 12.1 Å². The van der Waals surface area contributed by atoms with Crippen molar-refractivity contribution >= 4 is 17.3 Å². The molecule has 2 aromatic carbocycles. The Morgan fingerprint density at radius 2 is 1.75 bits per heavy atom. The fourth-order valence-corrected chi connectivity index (χ4v) is 3.64. The minimum absolute atomic E-state index is 0.0421. The van der Waals surface area contributed by atoms with E-state index in [0.29, 0.717) is 30.4 Å². The highest BCUT2D eigenvalue weighted by molar-refractivity contribution is 6.32. The van der Waals surface area contributed by atoms with Crippen LogP contribution in [0.1, 0.15) is 60.6 Å². The summed E-state index contributed by atoms with van der Waals surface area (Å²) < 4.78 is 5.20. The number of benzene rings is 2. The summed E-state index contributed by atoms with van der Waals surface area (Å²) in [6.07, 6.45) is 1.63. The van der Waals surface area contributed by atoms with Gasteiger partial charge >= 0.3 is 0 Å². The minimum Gasteiger partial charge on any atom is -0.507 e. The highest BCUT2D eigenvalue weighted by Crippen LogP contribution is 2.41. The van der Waals surface area contributed by atoms with Crippen molar-refractivity contribution in [2.24, 2.45) is 0 Å². The first-order valence-electron chi connectivity index (χ1n) is 7.73. The van der Waals surface area contributed by atoms with Crippen molar-refractivity contribution in [1.29, 1.82) is 0 Å². The number of fused-ring (bicyclic) bond motifs is 4. The summed E-state index contributed by atoms with van der Waals surface area (Å²) in [4.78, 5) is 38.3. The summed E-state index contributed by atoms with van der Waals surface area (Å²) in [5, 5.41) is 10.4. The van der Waals surface area contributed by atoms with Crippen molar-refractivity contribution in [3.8, 4) is 11.5 Å². The molecule has 2 aliphatic rings. The van der Waals surface area contributed by atoms with E-state index in [1.54, 1.807) is 18.2 Å². The van der Waals surface area contributed by atoms with Gasteiger partial charge in [0.1, 0.15) is 11.5 Å². The molecular formula is C19H14O5. The lowest BCUT2D eigenvalue weighted by molar-refractivity contribution is 0.0947. The maximum atomic E-state index is 13.0. The van der Waals surface area contributed by atoms with Crippen molar-refractivity contribution < 1.29 is 24.2 Å². The van der Waals surface area contributed by atoms with E-state index >= 15 is 0 Å². The number of Topliss-reactive ketones (excluding diaryl/α,β-unsaturated/α-hetero) is 1. The Morgan fingerprint density at radius 3 is 2.50 bits per heavy atom. The third-order valence-electron chi connectivity index (χ3n) is 4.69.